The van der Waals surface area contributed by atoms with Gasteiger partial charge in [-0.2, -0.15) is 0 Å². The summed E-state index contributed by atoms with van der Waals surface area (Å²) < 4.78 is 0. The van der Waals surface area contributed by atoms with Gasteiger partial charge in [-0.1, -0.05) is 32.3 Å². The van der Waals surface area contributed by atoms with Crippen LogP contribution in [0.15, 0.2) is 41.1 Å². The van der Waals surface area contributed by atoms with E-state index < -0.39 is 0 Å². The Morgan fingerprint density at radius 3 is 2.48 bits per heavy atom. The quantitative estimate of drug-likeness (QED) is 0.397. The van der Waals surface area contributed by atoms with Crippen molar-refractivity contribution in [1.29, 1.82) is 0 Å². The maximum absolute atomic E-state index is 2.39. The third-order valence-electron chi connectivity index (χ3n) is 3.59. The molecule has 3 heteroatoms. The first kappa shape index (κ1) is 15.0. The Bertz CT molecular complexity index is 658. The van der Waals surface area contributed by atoms with Gasteiger partial charge in [0.25, 0.3) is 0 Å². The molecule has 0 atom stereocenters. The van der Waals surface area contributed by atoms with Crippen molar-refractivity contribution in [2.45, 2.75) is 39.0 Å². The van der Waals surface area contributed by atoms with Gasteiger partial charge in [-0.3, -0.25) is 0 Å². The molecule has 0 nitrogen and oxygen atoms in total. The van der Waals surface area contributed by atoms with Crippen molar-refractivity contribution in [2.75, 3.05) is 0 Å². The molecule has 3 aromatic rings. The highest BCUT2D eigenvalue weighted by Crippen LogP contribution is 2.38. The second-order valence-electron chi connectivity index (χ2n) is 5.27. The Labute approximate surface area is 139 Å². The normalized spacial score (nSPS) is 11.1. The van der Waals surface area contributed by atoms with Crippen LogP contribution in [0.4, 0.5) is 0 Å². The van der Waals surface area contributed by atoms with Crippen LogP contribution in [-0.4, -0.2) is 0 Å². The van der Waals surface area contributed by atoms with E-state index in [0.29, 0.717) is 0 Å². The number of hydrogen-bond donors (Lipinski definition) is 0. The molecule has 0 aromatic carbocycles. The summed E-state index contributed by atoms with van der Waals surface area (Å²) in [6.45, 7) is 2.27. The predicted octanol–water partition coefficient (Wildman–Crippen LogP) is 7.33. The molecule has 0 N–H and O–H groups in total. The summed E-state index contributed by atoms with van der Waals surface area (Å²) in [6, 6.07) is 11.2. The SMILES string of the molecule is CCCCCCc1csc(-c2ccc(-c3cccs3)s2)c1. The highest BCUT2D eigenvalue weighted by molar-refractivity contribution is 7.25. The average Bonchev–Trinajstić information content (AvgIpc) is 3.23. The van der Waals surface area contributed by atoms with Crippen LogP contribution < -0.4 is 0 Å². The first-order valence-corrected chi connectivity index (χ1v) is 10.2. The molecular weight excluding hydrogens is 312 g/mol. The molecule has 0 radical (unpaired) electrons. The zero-order valence-electron chi connectivity index (χ0n) is 12.3. The van der Waals surface area contributed by atoms with Crippen molar-refractivity contribution in [1.82, 2.24) is 0 Å². The Balaban J connectivity index is 1.66. The topological polar surface area (TPSA) is 0 Å². The lowest BCUT2D eigenvalue weighted by Gasteiger charge is -1.96. The standard InChI is InChI=1S/C18H20S3/c1-2-3-4-5-7-14-12-18(20-13-14)17-10-9-16(21-17)15-8-6-11-19-15/h6,8-13H,2-5,7H2,1H3. The van der Waals surface area contributed by atoms with E-state index in [1.54, 1.807) is 0 Å². The zero-order chi connectivity index (χ0) is 14.5. The van der Waals surface area contributed by atoms with Gasteiger partial charge < -0.3 is 0 Å². The molecule has 3 aromatic heterocycles. The molecule has 0 fully saturated rings. The number of aryl methyl sites for hydroxylation is 1. The fraction of sp³-hybridized carbons (Fsp3) is 0.333. The molecule has 0 aliphatic heterocycles. The van der Waals surface area contributed by atoms with Gasteiger partial charge >= 0.3 is 0 Å². The Morgan fingerprint density at radius 1 is 0.857 bits per heavy atom. The molecule has 3 heterocycles. The maximum atomic E-state index is 2.39. The Hall–Kier alpha value is -0.900. The van der Waals surface area contributed by atoms with E-state index in [9.17, 15) is 0 Å². The van der Waals surface area contributed by atoms with Crippen molar-refractivity contribution >= 4 is 34.0 Å². The van der Waals surface area contributed by atoms with E-state index in [2.05, 4.69) is 48.0 Å². The third-order valence-corrected chi connectivity index (χ3v) is 6.91. The Morgan fingerprint density at radius 2 is 1.71 bits per heavy atom. The summed E-state index contributed by atoms with van der Waals surface area (Å²) in [4.78, 5) is 5.59. The molecule has 3 rings (SSSR count). The van der Waals surface area contributed by atoms with Crippen molar-refractivity contribution in [2.24, 2.45) is 0 Å². The summed E-state index contributed by atoms with van der Waals surface area (Å²) in [5.74, 6) is 0. The molecule has 110 valence electrons. The van der Waals surface area contributed by atoms with E-state index in [4.69, 9.17) is 0 Å². The Kier molecular flexibility index (Phi) is 5.28. The minimum atomic E-state index is 1.24. The molecule has 0 amide bonds. The van der Waals surface area contributed by atoms with Gasteiger partial charge in [0.15, 0.2) is 0 Å². The molecule has 0 unspecified atom stereocenters. The third kappa shape index (κ3) is 3.85. The summed E-state index contributed by atoms with van der Waals surface area (Å²) >= 11 is 5.62. The first-order valence-electron chi connectivity index (χ1n) is 7.58. The van der Waals surface area contributed by atoms with E-state index in [-0.39, 0.29) is 0 Å². The molecule has 21 heavy (non-hydrogen) atoms. The van der Waals surface area contributed by atoms with E-state index >= 15 is 0 Å². The zero-order valence-corrected chi connectivity index (χ0v) is 14.8. The van der Waals surface area contributed by atoms with Gasteiger partial charge in [-0.15, -0.1) is 34.0 Å². The lowest BCUT2D eigenvalue weighted by molar-refractivity contribution is 0.667. The fourth-order valence-electron chi connectivity index (χ4n) is 2.41. The second-order valence-corrected chi connectivity index (χ2v) is 8.21. The van der Waals surface area contributed by atoms with E-state index in [1.165, 1.54) is 57.2 Å². The molecule has 0 aliphatic rings. The van der Waals surface area contributed by atoms with Crippen molar-refractivity contribution in [3.05, 3.63) is 46.7 Å². The molecule has 0 saturated carbocycles. The lowest BCUT2D eigenvalue weighted by atomic mass is 10.1. The average molecular weight is 333 g/mol. The molecule has 0 bridgehead atoms. The van der Waals surface area contributed by atoms with E-state index in [1.807, 2.05) is 34.0 Å². The summed E-state index contributed by atoms with van der Waals surface area (Å²) in [5.41, 5.74) is 1.51. The fourth-order valence-corrected chi connectivity index (χ4v) is 5.30. The number of rotatable bonds is 7. The van der Waals surface area contributed by atoms with Crippen LogP contribution in [0.3, 0.4) is 0 Å². The number of thiophene rings is 3. The van der Waals surface area contributed by atoms with Gasteiger partial charge in [0, 0.05) is 19.5 Å². The van der Waals surface area contributed by atoms with E-state index in [0.717, 1.165) is 0 Å². The lowest BCUT2D eigenvalue weighted by Crippen LogP contribution is -1.81. The smallest absolute Gasteiger partial charge is 0.0449 e. The van der Waals surface area contributed by atoms with Crippen molar-refractivity contribution in [3.63, 3.8) is 0 Å². The van der Waals surface area contributed by atoms with Crippen LogP contribution >= 0.6 is 34.0 Å². The summed E-state index contributed by atoms with van der Waals surface area (Å²) in [7, 11) is 0. The molecular formula is C18H20S3. The summed E-state index contributed by atoms with van der Waals surface area (Å²) in [5, 5.41) is 4.49. The monoisotopic (exact) mass is 332 g/mol. The first-order chi connectivity index (χ1) is 10.4. The minimum Gasteiger partial charge on any atom is -0.143 e. The largest absolute Gasteiger partial charge is 0.143 e. The van der Waals surface area contributed by atoms with Gasteiger partial charge in [-0.05, 0) is 53.4 Å². The minimum absolute atomic E-state index is 1.24. The summed E-state index contributed by atoms with van der Waals surface area (Å²) in [6.07, 6.45) is 6.61. The van der Waals surface area contributed by atoms with Crippen LogP contribution in [0.5, 0.6) is 0 Å². The van der Waals surface area contributed by atoms with Crippen LogP contribution in [0.2, 0.25) is 0 Å². The number of hydrogen-bond acceptors (Lipinski definition) is 3. The predicted molar refractivity (Wildman–Crippen MR) is 98.8 cm³/mol. The van der Waals surface area contributed by atoms with Crippen molar-refractivity contribution < 1.29 is 0 Å². The van der Waals surface area contributed by atoms with Crippen molar-refractivity contribution in [3.8, 4) is 19.5 Å². The van der Waals surface area contributed by atoms with Gasteiger partial charge in [0.2, 0.25) is 0 Å². The van der Waals surface area contributed by atoms with Crippen LogP contribution in [-0.2, 0) is 6.42 Å². The number of unbranched alkanes of at least 4 members (excludes halogenated alkanes) is 3. The highest BCUT2D eigenvalue weighted by atomic mass is 32.1. The van der Waals surface area contributed by atoms with Crippen LogP contribution in [0.25, 0.3) is 19.5 Å². The van der Waals surface area contributed by atoms with Gasteiger partial charge in [0.05, 0.1) is 0 Å². The maximum Gasteiger partial charge on any atom is 0.0449 e. The molecule has 0 spiro atoms. The van der Waals surface area contributed by atoms with Gasteiger partial charge in [0.1, 0.15) is 0 Å². The van der Waals surface area contributed by atoms with Crippen LogP contribution in [0, 0.1) is 0 Å². The second kappa shape index (κ2) is 7.39. The highest BCUT2D eigenvalue weighted by Gasteiger charge is 2.08. The van der Waals surface area contributed by atoms with Gasteiger partial charge in [-0.25, -0.2) is 0 Å². The van der Waals surface area contributed by atoms with Crippen LogP contribution in [0.1, 0.15) is 38.2 Å². The molecule has 0 saturated heterocycles. The molecule has 0 aliphatic carbocycles.